The van der Waals surface area contributed by atoms with E-state index in [4.69, 9.17) is 15.2 Å². The van der Waals surface area contributed by atoms with Gasteiger partial charge in [0.15, 0.2) is 0 Å². The molecule has 0 aromatic heterocycles. The Morgan fingerprint density at radius 2 is 1.35 bits per heavy atom. The van der Waals surface area contributed by atoms with Crippen LogP contribution >= 0.6 is 0 Å². The predicted molar refractivity (Wildman–Crippen MR) is 69.9 cm³/mol. The fourth-order valence-corrected chi connectivity index (χ4v) is 1.26. The summed E-state index contributed by atoms with van der Waals surface area (Å²) in [5.41, 5.74) is 8.33. The van der Waals surface area contributed by atoms with Crippen molar-refractivity contribution in [3.8, 4) is 11.5 Å². The van der Waals surface area contributed by atoms with Crippen molar-refractivity contribution in [2.24, 2.45) is 11.8 Å². The molecule has 1 aromatic carbocycles. The van der Waals surface area contributed by atoms with Crippen molar-refractivity contribution >= 4 is 5.69 Å². The summed E-state index contributed by atoms with van der Waals surface area (Å²) in [4.78, 5) is 0. The van der Waals surface area contributed by atoms with E-state index in [2.05, 4.69) is 27.7 Å². The normalized spacial score (nSPS) is 10.9. The van der Waals surface area contributed by atoms with Crippen molar-refractivity contribution in [3.05, 3.63) is 18.2 Å². The zero-order valence-corrected chi connectivity index (χ0v) is 11.1. The number of ether oxygens (including phenoxy) is 2. The minimum absolute atomic E-state index is 0.341. The van der Waals surface area contributed by atoms with Gasteiger partial charge in [-0.25, -0.2) is 0 Å². The van der Waals surface area contributed by atoms with Gasteiger partial charge >= 0.3 is 0 Å². The van der Waals surface area contributed by atoms with Gasteiger partial charge in [0.2, 0.25) is 0 Å². The first kappa shape index (κ1) is 13.7. The molecule has 0 bridgehead atoms. The van der Waals surface area contributed by atoms with Gasteiger partial charge in [0, 0.05) is 0 Å². The smallest absolute Gasteiger partial charge is 0.148 e. The van der Waals surface area contributed by atoms with Crippen LogP contribution in [-0.2, 0) is 0 Å². The summed E-state index contributed by atoms with van der Waals surface area (Å²) < 4.78 is 11.2. The molecule has 0 unspecified atom stereocenters. The van der Waals surface area contributed by atoms with Crippen LogP contribution in [0.25, 0.3) is 0 Å². The topological polar surface area (TPSA) is 42.3 Å². The van der Waals surface area contributed by atoms with E-state index in [1.54, 1.807) is 0 Å². The molecule has 95 valence electrons. The van der Waals surface area contributed by atoms with Gasteiger partial charge in [0.1, 0.15) is 17.2 Å². The SMILES string of the molecule is CC(C)COc1cccc(OCC(C)C)c1[NH]. The molecule has 3 nitrogen and oxygen atoms in total. The summed E-state index contributed by atoms with van der Waals surface area (Å²) in [6, 6.07) is 5.49. The molecule has 17 heavy (non-hydrogen) atoms. The van der Waals surface area contributed by atoms with Crippen LogP contribution in [-0.4, -0.2) is 13.2 Å². The molecular weight excluding hydrogens is 214 g/mol. The monoisotopic (exact) mass is 236 g/mol. The van der Waals surface area contributed by atoms with E-state index >= 15 is 0 Å². The highest BCUT2D eigenvalue weighted by Gasteiger charge is 2.09. The summed E-state index contributed by atoms with van der Waals surface area (Å²) in [5.74, 6) is 2.10. The number of hydrogen-bond donors (Lipinski definition) is 0. The second kappa shape index (κ2) is 6.38. The quantitative estimate of drug-likeness (QED) is 0.756. The van der Waals surface area contributed by atoms with Gasteiger partial charge in [0.25, 0.3) is 0 Å². The molecule has 1 rings (SSSR count). The maximum Gasteiger partial charge on any atom is 0.148 e. The van der Waals surface area contributed by atoms with Crippen molar-refractivity contribution in [2.75, 3.05) is 13.2 Å². The van der Waals surface area contributed by atoms with Crippen LogP contribution in [0.3, 0.4) is 0 Å². The zero-order chi connectivity index (χ0) is 12.8. The van der Waals surface area contributed by atoms with E-state index in [1.807, 2.05) is 18.2 Å². The number of nitrogens with one attached hydrogen (secondary N) is 1. The molecule has 3 heteroatoms. The molecule has 1 aromatic rings. The van der Waals surface area contributed by atoms with Gasteiger partial charge < -0.3 is 9.47 Å². The standard InChI is InChI=1S/C14H22NO2/c1-10(2)8-16-12-6-5-7-13(14(12)15)17-9-11(3)4/h5-7,10-11,15H,8-9H2,1-4H3. The van der Waals surface area contributed by atoms with Crippen molar-refractivity contribution in [1.82, 2.24) is 5.73 Å². The summed E-state index contributed by atoms with van der Waals surface area (Å²) in [5, 5.41) is 0. The Balaban J connectivity index is 2.69. The lowest BCUT2D eigenvalue weighted by Gasteiger charge is -2.14. The summed E-state index contributed by atoms with van der Waals surface area (Å²) in [6.45, 7) is 9.59. The fraction of sp³-hybridized carbons (Fsp3) is 0.571. The van der Waals surface area contributed by atoms with Gasteiger partial charge in [-0.05, 0) is 24.0 Å². The van der Waals surface area contributed by atoms with Gasteiger partial charge in [-0.1, -0.05) is 33.8 Å². The lowest BCUT2D eigenvalue weighted by molar-refractivity contribution is 0.259. The van der Waals surface area contributed by atoms with Crippen LogP contribution in [0, 0.1) is 11.8 Å². The maximum absolute atomic E-state index is 7.99. The van der Waals surface area contributed by atoms with Crippen LogP contribution in [0.1, 0.15) is 27.7 Å². The molecule has 1 radical (unpaired) electrons. The summed E-state index contributed by atoms with van der Waals surface area (Å²) in [6.07, 6.45) is 0. The Hall–Kier alpha value is -1.38. The van der Waals surface area contributed by atoms with E-state index in [9.17, 15) is 0 Å². The molecule has 0 fully saturated rings. The second-order valence-corrected chi connectivity index (χ2v) is 5.04. The van der Waals surface area contributed by atoms with Crippen molar-refractivity contribution < 1.29 is 9.47 Å². The Morgan fingerprint density at radius 1 is 0.941 bits per heavy atom. The van der Waals surface area contributed by atoms with Crippen LogP contribution in [0.2, 0.25) is 0 Å². The molecule has 0 heterocycles. The molecule has 0 atom stereocenters. The fourth-order valence-electron chi connectivity index (χ4n) is 1.26. The van der Waals surface area contributed by atoms with E-state index in [1.165, 1.54) is 0 Å². The number of hydrogen-bond acceptors (Lipinski definition) is 2. The first-order valence-corrected chi connectivity index (χ1v) is 6.11. The molecule has 0 saturated heterocycles. The highest BCUT2D eigenvalue weighted by Crippen LogP contribution is 2.33. The van der Waals surface area contributed by atoms with Gasteiger partial charge in [-0.3, -0.25) is 5.73 Å². The van der Waals surface area contributed by atoms with E-state index in [0.717, 1.165) is 0 Å². The van der Waals surface area contributed by atoms with E-state index in [-0.39, 0.29) is 0 Å². The van der Waals surface area contributed by atoms with E-state index in [0.29, 0.717) is 42.2 Å². The summed E-state index contributed by atoms with van der Waals surface area (Å²) >= 11 is 0. The van der Waals surface area contributed by atoms with Crippen molar-refractivity contribution in [1.29, 1.82) is 0 Å². The average molecular weight is 236 g/mol. The van der Waals surface area contributed by atoms with E-state index < -0.39 is 0 Å². The van der Waals surface area contributed by atoms with Crippen LogP contribution < -0.4 is 15.2 Å². The molecule has 0 aliphatic rings. The van der Waals surface area contributed by atoms with Gasteiger partial charge in [0.05, 0.1) is 13.2 Å². The Bertz CT molecular complexity index is 318. The Morgan fingerprint density at radius 3 is 1.71 bits per heavy atom. The van der Waals surface area contributed by atoms with Gasteiger partial charge in [-0.15, -0.1) is 0 Å². The minimum atomic E-state index is 0.341. The molecule has 0 spiro atoms. The minimum Gasteiger partial charge on any atom is -0.491 e. The molecule has 0 aliphatic heterocycles. The molecule has 1 N–H and O–H groups in total. The van der Waals surface area contributed by atoms with Crippen LogP contribution in [0.15, 0.2) is 18.2 Å². The average Bonchev–Trinajstić information content (AvgIpc) is 2.25. The third-order valence-electron chi connectivity index (χ3n) is 2.13. The molecule has 0 saturated carbocycles. The van der Waals surface area contributed by atoms with Crippen LogP contribution in [0.5, 0.6) is 11.5 Å². The Kier molecular flexibility index (Phi) is 5.13. The number of benzene rings is 1. The lowest BCUT2D eigenvalue weighted by atomic mass is 10.2. The predicted octanol–water partition coefficient (Wildman–Crippen LogP) is 3.67. The second-order valence-electron chi connectivity index (χ2n) is 5.04. The third-order valence-corrected chi connectivity index (χ3v) is 2.13. The Labute approximate surface area is 104 Å². The lowest BCUT2D eigenvalue weighted by Crippen LogP contribution is -2.07. The number of rotatable bonds is 6. The van der Waals surface area contributed by atoms with Crippen molar-refractivity contribution in [3.63, 3.8) is 0 Å². The first-order chi connectivity index (χ1) is 8.00. The van der Waals surface area contributed by atoms with Crippen LogP contribution in [0.4, 0.5) is 5.69 Å². The summed E-state index contributed by atoms with van der Waals surface area (Å²) in [7, 11) is 0. The van der Waals surface area contributed by atoms with Crippen molar-refractivity contribution in [2.45, 2.75) is 27.7 Å². The zero-order valence-electron chi connectivity index (χ0n) is 11.1. The first-order valence-electron chi connectivity index (χ1n) is 6.11. The molecule has 0 amide bonds. The van der Waals surface area contributed by atoms with Gasteiger partial charge in [-0.2, -0.15) is 0 Å². The highest BCUT2D eigenvalue weighted by atomic mass is 16.5. The largest absolute Gasteiger partial charge is 0.491 e. The molecule has 0 aliphatic carbocycles. The third kappa shape index (κ3) is 4.55. The molecular formula is C14H22NO2. The highest BCUT2D eigenvalue weighted by molar-refractivity contribution is 5.59. The maximum atomic E-state index is 7.99.